The average molecular weight is 413 g/mol. The minimum Gasteiger partial charge on any atom is -0.370 e. The summed E-state index contributed by atoms with van der Waals surface area (Å²) >= 11 is 7.95. The molecule has 1 saturated heterocycles. The highest BCUT2D eigenvalue weighted by atomic mass is 35.5. The molecule has 1 aliphatic rings. The summed E-state index contributed by atoms with van der Waals surface area (Å²) in [4.78, 5) is 15.1. The van der Waals surface area contributed by atoms with E-state index in [4.69, 9.17) is 11.6 Å². The van der Waals surface area contributed by atoms with E-state index in [1.807, 2.05) is 23.9 Å². The molecule has 0 bridgehead atoms. The Morgan fingerprint density at radius 1 is 1.11 bits per heavy atom. The van der Waals surface area contributed by atoms with Gasteiger partial charge in [0.15, 0.2) is 0 Å². The van der Waals surface area contributed by atoms with Gasteiger partial charge in [0, 0.05) is 47.4 Å². The number of thioether (sulfide) groups is 1. The number of anilines is 1. The molecular formula is C21H21ClN4OS. The largest absolute Gasteiger partial charge is 0.370 e. The van der Waals surface area contributed by atoms with Crippen LogP contribution in [0.25, 0.3) is 11.3 Å². The van der Waals surface area contributed by atoms with Crippen LogP contribution in [0, 0.1) is 0 Å². The molecule has 2 aromatic carbocycles. The van der Waals surface area contributed by atoms with Crippen LogP contribution in [0.3, 0.4) is 0 Å². The van der Waals surface area contributed by atoms with Crippen molar-refractivity contribution in [1.29, 1.82) is 0 Å². The number of rotatable bonds is 5. The molecule has 1 fully saturated rings. The molecule has 0 spiro atoms. The standard InChI is InChI=1S/C21H21ClN4OS/c22-17-5-3-16(4-6-17)20-19(14-24-25-20)21(27)23-13-15-1-7-18(8-2-15)26-9-11-28-12-10-26/h1-8,14H,9-13H2,(H,23,27)(H,24,25). The fourth-order valence-electron chi connectivity index (χ4n) is 3.22. The van der Waals surface area contributed by atoms with Crippen LogP contribution in [0.5, 0.6) is 0 Å². The average Bonchev–Trinajstić information content (AvgIpc) is 3.23. The SMILES string of the molecule is O=C(NCc1ccc(N2CCSCC2)cc1)c1cn[nH]c1-c1ccc(Cl)cc1. The minimum absolute atomic E-state index is 0.157. The van der Waals surface area contributed by atoms with Crippen LogP contribution >= 0.6 is 23.4 Å². The first-order valence-electron chi connectivity index (χ1n) is 9.20. The third kappa shape index (κ3) is 4.34. The van der Waals surface area contributed by atoms with Gasteiger partial charge >= 0.3 is 0 Å². The van der Waals surface area contributed by atoms with E-state index in [-0.39, 0.29) is 5.91 Å². The Morgan fingerprint density at radius 2 is 1.82 bits per heavy atom. The van der Waals surface area contributed by atoms with Crippen molar-refractivity contribution < 1.29 is 4.79 Å². The van der Waals surface area contributed by atoms with E-state index in [0.717, 1.165) is 24.2 Å². The van der Waals surface area contributed by atoms with Gasteiger partial charge in [-0.25, -0.2) is 0 Å². The zero-order chi connectivity index (χ0) is 19.3. The second kappa shape index (κ2) is 8.71. The Hall–Kier alpha value is -2.44. The van der Waals surface area contributed by atoms with Crippen molar-refractivity contribution >= 4 is 35.0 Å². The number of amides is 1. The molecule has 4 rings (SSSR count). The first-order valence-corrected chi connectivity index (χ1v) is 10.7. The molecule has 0 aliphatic carbocycles. The highest BCUT2D eigenvalue weighted by molar-refractivity contribution is 7.99. The first kappa shape index (κ1) is 18.9. The fraction of sp³-hybridized carbons (Fsp3) is 0.238. The lowest BCUT2D eigenvalue weighted by molar-refractivity contribution is 0.0951. The zero-order valence-electron chi connectivity index (χ0n) is 15.3. The number of nitrogens with zero attached hydrogens (tertiary/aromatic N) is 2. The lowest BCUT2D eigenvalue weighted by atomic mass is 10.1. The predicted octanol–water partition coefficient (Wildman–Crippen LogP) is 4.21. The monoisotopic (exact) mass is 412 g/mol. The van der Waals surface area contributed by atoms with Crippen molar-refractivity contribution in [3.63, 3.8) is 0 Å². The van der Waals surface area contributed by atoms with E-state index < -0.39 is 0 Å². The molecule has 0 saturated carbocycles. The number of aromatic nitrogens is 2. The molecule has 0 unspecified atom stereocenters. The molecule has 144 valence electrons. The van der Waals surface area contributed by atoms with Gasteiger partial charge in [-0.3, -0.25) is 9.89 Å². The Kier molecular flexibility index (Phi) is 5.88. The lowest BCUT2D eigenvalue weighted by Gasteiger charge is -2.28. The van der Waals surface area contributed by atoms with Crippen LogP contribution in [0.15, 0.2) is 54.7 Å². The van der Waals surface area contributed by atoms with Crippen molar-refractivity contribution in [2.75, 3.05) is 29.5 Å². The summed E-state index contributed by atoms with van der Waals surface area (Å²) in [5, 5.41) is 10.6. The number of carbonyl (C=O) groups excluding carboxylic acids is 1. The maximum Gasteiger partial charge on any atom is 0.255 e. The minimum atomic E-state index is -0.157. The van der Waals surface area contributed by atoms with Gasteiger partial charge in [0.2, 0.25) is 0 Å². The Labute approximate surface area is 173 Å². The second-order valence-electron chi connectivity index (χ2n) is 6.61. The molecule has 7 heteroatoms. The number of carbonyl (C=O) groups is 1. The third-order valence-corrected chi connectivity index (χ3v) is 5.98. The topological polar surface area (TPSA) is 61.0 Å². The van der Waals surface area contributed by atoms with Crippen LogP contribution in [0.1, 0.15) is 15.9 Å². The van der Waals surface area contributed by atoms with Gasteiger partial charge < -0.3 is 10.2 Å². The van der Waals surface area contributed by atoms with Gasteiger partial charge in [-0.2, -0.15) is 16.9 Å². The molecule has 1 aromatic heterocycles. The van der Waals surface area contributed by atoms with Gasteiger partial charge in [0.25, 0.3) is 5.91 Å². The second-order valence-corrected chi connectivity index (χ2v) is 8.28. The van der Waals surface area contributed by atoms with Crippen LogP contribution in [-0.4, -0.2) is 40.7 Å². The van der Waals surface area contributed by atoms with Crippen molar-refractivity contribution in [2.45, 2.75) is 6.54 Å². The first-order chi connectivity index (χ1) is 13.7. The predicted molar refractivity (Wildman–Crippen MR) is 116 cm³/mol. The highest BCUT2D eigenvalue weighted by Crippen LogP contribution is 2.23. The van der Waals surface area contributed by atoms with Crippen molar-refractivity contribution in [3.8, 4) is 11.3 Å². The van der Waals surface area contributed by atoms with Crippen molar-refractivity contribution in [2.24, 2.45) is 0 Å². The van der Waals surface area contributed by atoms with Crippen molar-refractivity contribution in [3.05, 3.63) is 70.9 Å². The summed E-state index contributed by atoms with van der Waals surface area (Å²) in [5.41, 5.74) is 4.39. The van der Waals surface area contributed by atoms with Gasteiger partial charge in [0.1, 0.15) is 0 Å². The molecule has 0 radical (unpaired) electrons. The maximum atomic E-state index is 12.6. The Morgan fingerprint density at radius 3 is 2.54 bits per heavy atom. The number of hydrogen-bond donors (Lipinski definition) is 2. The number of hydrogen-bond acceptors (Lipinski definition) is 4. The molecule has 0 atom stereocenters. The summed E-state index contributed by atoms with van der Waals surface area (Å²) in [6.07, 6.45) is 1.55. The zero-order valence-corrected chi connectivity index (χ0v) is 16.9. The number of aromatic amines is 1. The van der Waals surface area contributed by atoms with E-state index in [2.05, 4.69) is 44.7 Å². The van der Waals surface area contributed by atoms with E-state index in [9.17, 15) is 4.79 Å². The molecule has 5 nitrogen and oxygen atoms in total. The van der Waals surface area contributed by atoms with E-state index in [1.54, 1.807) is 18.3 Å². The Bertz CT molecular complexity index is 934. The van der Waals surface area contributed by atoms with Crippen LogP contribution in [0.2, 0.25) is 5.02 Å². The molecule has 1 aliphatic heterocycles. The summed E-state index contributed by atoms with van der Waals surface area (Å²) in [5.74, 6) is 2.20. The normalized spacial score (nSPS) is 14.1. The summed E-state index contributed by atoms with van der Waals surface area (Å²) < 4.78 is 0. The number of benzene rings is 2. The third-order valence-electron chi connectivity index (χ3n) is 4.78. The molecule has 28 heavy (non-hydrogen) atoms. The van der Waals surface area contributed by atoms with E-state index in [0.29, 0.717) is 22.8 Å². The van der Waals surface area contributed by atoms with Crippen LogP contribution in [0.4, 0.5) is 5.69 Å². The summed E-state index contributed by atoms with van der Waals surface area (Å²) in [6.45, 7) is 2.66. The van der Waals surface area contributed by atoms with Crippen LogP contribution < -0.4 is 10.2 Å². The number of nitrogens with one attached hydrogen (secondary N) is 2. The van der Waals surface area contributed by atoms with Gasteiger partial charge in [-0.1, -0.05) is 35.9 Å². The van der Waals surface area contributed by atoms with Crippen LogP contribution in [-0.2, 0) is 6.54 Å². The fourth-order valence-corrected chi connectivity index (χ4v) is 4.25. The van der Waals surface area contributed by atoms with E-state index >= 15 is 0 Å². The summed E-state index contributed by atoms with van der Waals surface area (Å²) in [6, 6.07) is 15.7. The number of H-pyrrole nitrogens is 1. The molecular weight excluding hydrogens is 392 g/mol. The number of halogens is 1. The quantitative estimate of drug-likeness (QED) is 0.658. The summed E-state index contributed by atoms with van der Waals surface area (Å²) in [7, 11) is 0. The van der Waals surface area contributed by atoms with Gasteiger partial charge in [-0.15, -0.1) is 0 Å². The lowest BCUT2D eigenvalue weighted by Crippen LogP contribution is -2.32. The molecule has 2 N–H and O–H groups in total. The van der Waals surface area contributed by atoms with E-state index in [1.165, 1.54) is 17.2 Å². The molecule has 1 amide bonds. The van der Waals surface area contributed by atoms with Gasteiger partial charge in [-0.05, 0) is 29.8 Å². The Balaban J connectivity index is 1.40. The van der Waals surface area contributed by atoms with Crippen molar-refractivity contribution in [1.82, 2.24) is 15.5 Å². The highest BCUT2D eigenvalue weighted by Gasteiger charge is 2.15. The van der Waals surface area contributed by atoms with Gasteiger partial charge in [0.05, 0.1) is 17.5 Å². The smallest absolute Gasteiger partial charge is 0.255 e. The molecule has 3 aromatic rings. The maximum absolute atomic E-state index is 12.6. The molecule has 2 heterocycles.